The predicted octanol–water partition coefficient (Wildman–Crippen LogP) is 5.42. The highest BCUT2D eigenvalue weighted by Gasteiger charge is 2.31. The largest absolute Gasteiger partial charge is 0.457 e. The zero-order valence-electron chi connectivity index (χ0n) is 17.9. The van der Waals surface area contributed by atoms with E-state index in [0.29, 0.717) is 35.1 Å². The zero-order valence-corrected chi connectivity index (χ0v) is 17.9. The molecule has 30 heavy (non-hydrogen) atoms. The number of aromatic nitrogens is 2. The highest BCUT2D eigenvalue weighted by molar-refractivity contribution is 5.99. The van der Waals surface area contributed by atoms with Crippen molar-refractivity contribution in [3.63, 3.8) is 0 Å². The Morgan fingerprint density at radius 2 is 1.87 bits per heavy atom. The second-order valence-electron chi connectivity index (χ2n) is 8.26. The zero-order chi connectivity index (χ0) is 21.6. The van der Waals surface area contributed by atoms with E-state index in [1.807, 2.05) is 34.7 Å². The number of fused-ring (bicyclic) bond motifs is 3. The first-order valence-corrected chi connectivity index (χ1v) is 10.2. The van der Waals surface area contributed by atoms with Crippen LogP contribution in [0.2, 0.25) is 0 Å². The van der Waals surface area contributed by atoms with E-state index in [4.69, 9.17) is 4.74 Å². The van der Waals surface area contributed by atoms with Gasteiger partial charge in [-0.1, -0.05) is 13.8 Å². The number of carbonyl (C=O) groups excluding carboxylic acids is 1. The molecule has 0 N–H and O–H groups in total. The average molecular weight is 407 g/mol. The molecule has 1 aliphatic rings. The Balaban J connectivity index is 1.81. The van der Waals surface area contributed by atoms with Gasteiger partial charge in [0.1, 0.15) is 23.1 Å². The second kappa shape index (κ2) is 7.59. The maximum absolute atomic E-state index is 13.6. The van der Waals surface area contributed by atoms with Crippen molar-refractivity contribution in [1.29, 1.82) is 0 Å². The summed E-state index contributed by atoms with van der Waals surface area (Å²) in [6.45, 7) is 10.5. The molecule has 1 atom stereocenters. The van der Waals surface area contributed by atoms with Crippen molar-refractivity contribution < 1.29 is 13.9 Å². The van der Waals surface area contributed by atoms with Crippen LogP contribution in [0.15, 0.2) is 42.6 Å². The summed E-state index contributed by atoms with van der Waals surface area (Å²) >= 11 is 0. The summed E-state index contributed by atoms with van der Waals surface area (Å²) in [5.41, 5.74) is 3.03. The fourth-order valence-electron chi connectivity index (χ4n) is 3.79. The third-order valence-corrected chi connectivity index (χ3v) is 5.84. The van der Waals surface area contributed by atoms with E-state index in [2.05, 4.69) is 25.8 Å². The topological polar surface area (TPSA) is 47.4 Å². The van der Waals surface area contributed by atoms with Gasteiger partial charge in [-0.15, -0.1) is 0 Å². The molecule has 0 saturated heterocycles. The van der Waals surface area contributed by atoms with E-state index in [9.17, 15) is 9.18 Å². The predicted molar refractivity (Wildman–Crippen MR) is 114 cm³/mol. The first-order valence-electron chi connectivity index (χ1n) is 10.2. The van der Waals surface area contributed by atoms with Crippen LogP contribution >= 0.6 is 0 Å². The van der Waals surface area contributed by atoms with Crippen LogP contribution in [0.5, 0.6) is 11.5 Å². The fourth-order valence-corrected chi connectivity index (χ4v) is 3.79. The van der Waals surface area contributed by atoms with Gasteiger partial charge in [0.15, 0.2) is 0 Å². The first-order chi connectivity index (χ1) is 14.3. The number of hydrogen-bond acceptors (Lipinski definition) is 3. The van der Waals surface area contributed by atoms with Crippen LogP contribution in [0, 0.1) is 25.6 Å². The van der Waals surface area contributed by atoms with Gasteiger partial charge in [-0.3, -0.25) is 9.36 Å². The Kier molecular flexibility index (Phi) is 5.10. The van der Waals surface area contributed by atoms with E-state index in [1.165, 1.54) is 12.1 Å². The van der Waals surface area contributed by atoms with Gasteiger partial charge in [0, 0.05) is 17.9 Å². The minimum absolute atomic E-state index is 0.0441. The summed E-state index contributed by atoms with van der Waals surface area (Å²) < 4.78 is 21.5. The van der Waals surface area contributed by atoms with Crippen molar-refractivity contribution >= 4 is 5.91 Å². The summed E-state index contributed by atoms with van der Waals surface area (Å²) in [4.78, 5) is 20.0. The number of rotatable bonds is 4. The van der Waals surface area contributed by atoms with Crippen molar-refractivity contribution in [2.75, 3.05) is 0 Å². The Hall–Kier alpha value is -3.15. The molecule has 0 radical (unpaired) electrons. The molecule has 0 aliphatic carbocycles. The molecule has 0 bridgehead atoms. The van der Waals surface area contributed by atoms with Gasteiger partial charge in [0.05, 0.1) is 17.8 Å². The molecule has 0 fully saturated rings. The number of aryl methyl sites for hydroxylation is 2. The number of imidazole rings is 1. The minimum Gasteiger partial charge on any atom is -0.457 e. The van der Waals surface area contributed by atoms with Crippen LogP contribution in [0.25, 0.3) is 5.69 Å². The SMILES string of the molecule is Cc1cc(F)ccc1Oc1ccc2c(c1)C(=O)N(C(C)C(C)C)Cc1ncc(C)n1-2. The van der Waals surface area contributed by atoms with E-state index in [0.717, 1.165) is 17.2 Å². The van der Waals surface area contributed by atoms with Gasteiger partial charge in [0.2, 0.25) is 0 Å². The van der Waals surface area contributed by atoms with Crippen molar-refractivity contribution in [2.45, 2.75) is 47.2 Å². The summed E-state index contributed by atoms with van der Waals surface area (Å²) in [5.74, 6) is 1.90. The summed E-state index contributed by atoms with van der Waals surface area (Å²) in [5, 5.41) is 0. The quantitative estimate of drug-likeness (QED) is 0.580. The van der Waals surface area contributed by atoms with Gasteiger partial charge in [0.25, 0.3) is 5.91 Å². The molecule has 1 aliphatic heterocycles. The minimum atomic E-state index is -0.307. The lowest BCUT2D eigenvalue weighted by molar-refractivity contribution is 0.0628. The van der Waals surface area contributed by atoms with Crippen LogP contribution in [0.1, 0.15) is 48.2 Å². The first kappa shape index (κ1) is 20.1. The van der Waals surface area contributed by atoms with Gasteiger partial charge in [-0.05, 0) is 68.7 Å². The maximum Gasteiger partial charge on any atom is 0.256 e. The molecule has 1 amide bonds. The lowest BCUT2D eigenvalue weighted by Crippen LogP contribution is -2.40. The molecule has 0 spiro atoms. The molecule has 2 aromatic carbocycles. The molecule has 2 heterocycles. The molecule has 156 valence electrons. The molecule has 6 heteroatoms. The van der Waals surface area contributed by atoms with Crippen molar-refractivity contribution in [1.82, 2.24) is 14.5 Å². The summed E-state index contributed by atoms with van der Waals surface area (Å²) in [7, 11) is 0. The Bertz CT molecular complexity index is 1120. The van der Waals surface area contributed by atoms with E-state index in [-0.39, 0.29) is 17.8 Å². The van der Waals surface area contributed by atoms with Crippen LogP contribution in [-0.4, -0.2) is 26.4 Å². The number of amides is 1. The van der Waals surface area contributed by atoms with Crippen molar-refractivity contribution in [3.8, 4) is 17.2 Å². The summed E-state index contributed by atoms with van der Waals surface area (Å²) in [6.07, 6.45) is 1.83. The van der Waals surface area contributed by atoms with Gasteiger partial charge < -0.3 is 9.64 Å². The molecule has 1 aromatic heterocycles. The highest BCUT2D eigenvalue weighted by Crippen LogP contribution is 2.33. The van der Waals surface area contributed by atoms with Crippen molar-refractivity contribution in [2.24, 2.45) is 5.92 Å². The van der Waals surface area contributed by atoms with Gasteiger partial charge in [-0.2, -0.15) is 0 Å². The monoisotopic (exact) mass is 407 g/mol. The number of ether oxygens (including phenoxy) is 1. The molecule has 0 saturated carbocycles. The normalized spacial score (nSPS) is 14.4. The second-order valence-corrected chi connectivity index (χ2v) is 8.26. The number of carbonyl (C=O) groups is 1. The Morgan fingerprint density at radius 1 is 1.10 bits per heavy atom. The smallest absolute Gasteiger partial charge is 0.256 e. The Labute approximate surface area is 176 Å². The van der Waals surface area contributed by atoms with Crippen LogP contribution in [0.4, 0.5) is 4.39 Å². The van der Waals surface area contributed by atoms with Gasteiger partial charge >= 0.3 is 0 Å². The van der Waals surface area contributed by atoms with Crippen LogP contribution in [0.3, 0.4) is 0 Å². The van der Waals surface area contributed by atoms with E-state index in [1.54, 1.807) is 19.1 Å². The lowest BCUT2D eigenvalue weighted by Gasteiger charge is -2.30. The highest BCUT2D eigenvalue weighted by atomic mass is 19.1. The maximum atomic E-state index is 13.6. The number of hydrogen-bond donors (Lipinski definition) is 0. The van der Waals surface area contributed by atoms with E-state index < -0.39 is 0 Å². The molecular formula is C24H26FN3O2. The molecular weight excluding hydrogens is 381 g/mol. The third-order valence-electron chi connectivity index (χ3n) is 5.84. The standard InChI is InChI=1S/C24H26FN3O2/c1-14(2)17(5)27-13-23-26-12-16(4)28(23)21-8-7-19(11-20(21)24(27)29)30-22-9-6-18(25)10-15(22)3/h6-12,14,17H,13H2,1-5H3. The number of nitrogens with zero attached hydrogens (tertiary/aromatic N) is 3. The van der Waals surface area contributed by atoms with Crippen LogP contribution in [-0.2, 0) is 6.54 Å². The fraction of sp³-hybridized carbons (Fsp3) is 0.333. The molecule has 5 nitrogen and oxygen atoms in total. The summed E-state index contributed by atoms with van der Waals surface area (Å²) in [6, 6.07) is 9.94. The Morgan fingerprint density at radius 3 is 2.57 bits per heavy atom. The van der Waals surface area contributed by atoms with Crippen LogP contribution < -0.4 is 4.74 Å². The van der Waals surface area contributed by atoms with Gasteiger partial charge in [-0.25, -0.2) is 9.37 Å². The third kappa shape index (κ3) is 3.47. The van der Waals surface area contributed by atoms with Crippen molar-refractivity contribution in [3.05, 3.63) is 71.1 Å². The lowest BCUT2D eigenvalue weighted by atomic mass is 10.0. The molecule has 4 rings (SSSR count). The molecule has 1 unspecified atom stereocenters. The van der Waals surface area contributed by atoms with E-state index >= 15 is 0 Å². The molecule has 3 aromatic rings. The average Bonchev–Trinajstić information content (AvgIpc) is 3.01. The number of benzene rings is 2. The number of halogens is 1.